The molecular formula is C16H26N2O2. The molecule has 1 amide bonds. The number of furan rings is 1. The first-order chi connectivity index (χ1) is 9.56. The van der Waals surface area contributed by atoms with Crippen molar-refractivity contribution < 1.29 is 9.21 Å². The Hall–Kier alpha value is -1.29. The molecule has 0 aliphatic carbocycles. The third kappa shape index (κ3) is 4.10. The first-order valence-corrected chi connectivity index (χ1v) is 7.61. The number of nitrogens with one attached hydrogen (secondary N) is 1. The molecule has 0 atom stereocenters. The molecule has 20 heavy (non-hydrogen) atoms. The topological polar surface area (TPSA) is 45.5 Å². The normalized spacial score (nSPS) is 16.6. The van der Waals surface area contributed by atoms with Crippen LogP contribution in [-0.4, -0.2) is 29.9 Å². The fourth-order valence-corrected chi connectivity index (χ4v) is 2.75. The molecule has 2 rings (SSSR count). The molecule has 0 saturated carbocycles. The van der Waals surface area contributed by atoms with E-state index in [1.807, 2.05) is 24.0 Å². The van der Waals surface area contributed by atoms with Crippen LogP contribution in [0.25, 0.3) is 0 Å². The van der Waals surface area contributed by atoms with Crippen molar-refractivity contribution in [3.8, 4) is 0 Å². The SMILES string of the molecule is Cc1ccc(CN(C(=O)CC2CCNCC2)C(C)C)o1. The first kappa shape index (κ1) is 15.1. The number of amides is 1. The van der Waals surface area contributed by atoms with Crippen LogP contribution in [0.2, 0.25) is 0 Å². The van der Waals surface area contributed by atoms with E-state index in [0.717, 1.165) is 37.5 Å². The van der Waals surface area contributed by atoms with Crippen molar-refractivity contribution in [2.45, 2.75) is 52.6 Å². The highest BCUT2D eigenvalue weighted by Crippen LogP contribution is 2.20. The summed E-state index contributed by atoms with van der Waals surface area (Å²) in [5.74, 6) is 2.55. The Bertz CT molecular complexity index is 433. The minimum absolute atomic E-state index is 0.203. The summed E-state index contributed by atoms with van der Waals surface area (Å²) in [4.78, 5) is 14.5. The van der Waals surface area contributed by atoms with E-state index >= 15 is 0 Å². The summed E-state index contributed by atoms with van der Waals surface area (Å²) < 4.78 is 5.60. The maximum Gasteiger partial charge on any atom is 0.223 e. The van der Waals surface area contributed by atoms with Gasteiger partial charge in [-0.2, -0.15) is 0 Å². The van der Waals surface area contributed by atoms with Crippen LogP contribution in [0.4, 0.5) is 0 Å². The van der Waals surface area contributed by atoms with Gasteiger partial charge in [0.05, 0.1) is 6.54 Å². The quantitative estimate of drug-likeness (QED) is 0.900. The van der Waals surface area contributed by atoms with Gasteiger partial charge in [-0.15, -0.1) is 0 Å². The molecule has 1 fully saturated rings. The highest BCUT2D eigenvalue weighted by atomic mass is 16.3. The maximum absolute atomic E-state index is 12.5. The van der Waals surface area contributed by atoms with Gasteiger partial charge in [-0.3, -0.25) is 4.79 Å². The van der Waals surface area contributed by atoms with Crippen LogP contribution in [0.1, 0.15) is 44.6 Å². The van der Waals surface area contributed by atoms with Crippen LogP contribution < -0.4 is 5.32 Å². The van der Waals surface area contributed by atoms with Crippen molar-refractivity contribution >= 4 is 5.91 Å². The monoisotopic (exact) mass is 278 g/mol. The van der Waals surface area contributed by atoms with E-state index in [2.05, 4.69) is 19.2 Å². The van der Waals surface area contributed by atoms with Crippen LogP contribution in [0, 0.1) is 12.8 Å². The molecule has 0 radical (unpaired) electrons. The van der Waals surface area contributed by atoms with Gasteiger partial charge >= 0.3 is 0 Å². The van der Waals surface area contributed by atoms with Gasteiger partial charge in [0, 0.05) is 12.5 Å². The van der Waals surface area contributed by atoms with Gasteiger partial charge in [0.25, 0.3) is 0 Å². The Morgan fingerprint density at radius 3 is 2.65 bits per heavy atom. The van der Waals surface area contributed by atoms with Crippen LogP contribution in [-0.2, 0) is 11.3 Å². The van der Waals surface area contributed by atoms with Gasteiger partial charge in [0.15, 0.2) is 0 Å². The predicted octanol–water partition coefficient (Wildman–Crippen LogP) is 2.71. The second kappa shape index (κ2) is 6.93. The van der Waals surface area contributed by atoms with Gasteiger partial charge < -0.3 is 14.6 Å². The predicted molar refractivity (Wildman–Crippen MR) is 79.3 cm³/mol. The molecule has 112 valence electrons. The molecule has 1 aromatic rings. The number of piperidine rings is 1. The highest BCUT2D eigenvalue weighted by molar-refractivity contribution is 5.76. The fraction of sp³-hybridized carbons (Fsp3) is 0.688. The molecule has 0 unspecified atom stereocenters. The third-order valence-corrected chi connectivity index (χ3v) is 3.99. The van der Waals surface area contributed by atoms with E-state index < -0.39 is 0 Å². The Balaban J connectivity index is 1.94. The number of nitrogens with zero attached hydrogens (tertiary/aromatic N) is 1. The molecule has 1 N–H and O–H groups in total. The molecular weight excluding hydrogens is 252 g/mol. The average Bonchev–Trinajstić information content (AvgIpc) is 2.82. The lowest BCUT2D eigenvalue weighted by Gasteiger charge is -2.29. The van der Waals surface area contributed by atoms with E-state index in [9.17, 15) is 4.79 Å². The summed E-state index contributed by atoms with van der Waals surface area (Å²) in [6, 6.07) is 4.11. The van der Waals surface area contributed by atoms with E-state index in [1.165, 1.54) is 0 Å². The second-order valence-corrected chi connectivity index (χ2v) is 6.03. The van der Waals surface area contributed by atoms with E-state index in [4.69, 9.17) is 4.42 Å². The Morgan fingerprint density at radius 2 is 2.10 bits per heavy atom. The number of carbonyl (C=O) groups excluding carboxylic acids is 1. The molecule has 1 aliphatic rings. The van der Waals surface area contributed by atoms with Crippen molar-refractivity contribution in [3.63, 3.8) is 0 Å². The molecule has 0 aromatic carbocycles. The molecule has 4 nitrogen and oxygen atoms in total. The van der Waals surface area contributed by atoms with Crippen LogP contribution in [0.5, 0.6) is 0 Å². The minimum Gasteiger partial charge on any atom is -0.464 e. The van der Waals surface area contributed by atoms with Gasteiger partial charge in [-0.1, -0.05) is 0 Å². The van der Waals surface area contributed by atoms with Crippen molar-refractivity contribution in [2.24, 2.45) is 5.92 Å². The smallest absolute Gasteiger partial charge is 0.223 e. The molecule has 1 aliphatic heterocycles. The molecule has 2 heterocycles. The lowest BCUT2D eigenvalue weighted by atomic mass is 9.94. The number of hydrogen-bond donors (Lipinski definition) is 1. The van der Waals surface area contributed by atoms with E-state index in [1.54, 1.807) is 0 Å². The summed E-state index contributed by atoms with van der Waals surface area (Å²) in [6.07, 6.45) is 2.88. The Morgan fingerprint density at radius 1 is 1.40 bits per heavy atom. The van der Waals surface area contributed by atoms with Gasteiger partial charge in [-0.25, -0.2) is 0 Å². The van der Waals surface area contributed by atoms with E-state index in [-0.39, 0.29) is 11.9 Å². The molecule has 1 aromatic heterocycles. The number of aryl methyl sites for hydroxylation is 1. The number of rotatable bonds is 5. The van der Waals surface area contributed by atoms with E-state index in [0.29, 0.717) is 18.9 Å². The molecule has 1 saturated heterocycles. The van der Waals surface area contributed by atoms with Gasteiger partial charge in [-0.05, 0) is 64.8 Å². The standard InChI is InChI=1S/C16H26N2O2/c1-12(2)18(11-15-5-4-13(3)20-15)16(19)10-14-6-8-17-9-7-14/h4-5,12,14,17H,6-11H2,1-3H3. The summed E-state index contributed by atoms with van der Waals surface area (Å²) in [6.45, 7) is 8.72. The lowest BCUT2D eigenvalue weighted by molar-refractivity contribution is -0.135. The zero-order chi connectivity index (χ0) is 14.5. The lowest BCUT2D eigenvalue weighted by Crippen LogP contribution is -2.38. The van der Waals surface area contributed by atoms with Gasteiger partial charge in [0.1, 0.15) is 11.5 Å². The van der Waals surface area contributed by atoms with Crippen LogP contribution >= 0.6 is 0 Å². The van der Waals surface area contributed by atoms with Crippen molar-refractivity contribution in [3.05, 3.63) is 23.7 Å². The van der Waals surface area contributed by atoms with Crippen LogP contribution in [0.15, 0.2) is 16.5 Å². The largest absolute Gasteiger partial charge is 0.464 e. The number of hydrogen-bond acceptors (Lipinski definition) is 3. The zero-order valence-corrected chi connectivity index (χ0v) is 12.8. The highest BCUT2D eigenvalue weighted by Gasteiger charge is 2.23. The van der Waals surface area contributed by atoms with Gasteiger partial charge in [0.2, 0.25) is 5.91 Å². The second-order valence-electron chi connectivity index (χ2n) is 6.03. The average molecular weight is 278 g/mol. The third-order valence-electron chi connectivity index (χ3n) is 3.99. The zero-order valence-electron chi connectivity index (χ0n) is 12.8. The van der Waals surface area contributed by atoms with Crippen molar-refractivity contribution in [1.29, 1.82) is 0 Å². The molecule has 0 spiro atoms. The summed E-state index contributed by atoms with van der Waals surface area (Å²) in [5.41, 5.74) is 0. The minimum atomic E-state index is 0.203. The fourth-order valence-electron chi connectivity index (χ4n) is 2.75. The molecule has 0 bridgehead atoms. The number of carbonyl (C=O) groups is 1. The Labute approximate surface area is 121 Å². The summed E-state index contributed by atoms with van der Waals surface area (Å²) in [5, 5.41) is 3.34. The maximum atomic E-state index is 12.5. The summed E-state index contributed by atoms with van der Waals surface area (Å²) >= 11 is 0. The molecule has 4 heteroatoms. The first-order valence-electron chi connectivity index (χ1n) is 7.61. The Kier molecular flexibility index (Phi) is 5.24. The summed E-state index contributed by atoms with van der Waals surface area (Å²) in [7, 11) is 0. The van der Waals surface area contributed by atoms with Crippen molar-refractivity contribution in [2.75, 3.05) is 13.1 Å². The van der Waals surface area contributed by atoms with Crippen LogP contribution in [0.3, 0.4) is 0 Å². The van der Waals surface area contributed by atoms with Crippen molar-refractivity contribution in [1.82, 2.24) is 10.2 Å².